The SMILES string of the molecule is CC(=O)NCCn1nc(C2CCN(C(=O)c3scnc3C)C2)c2cccnc21. The molecule has 1 aliphatic rings. The van der Waals surface area contributed by atoms with Gasteiger partial charge in [-0.25, -0.2) is 14.6 Å². The maximum absolute atomic E-state index is 12.8. The van der Waals surface area contributed by atoms with Crippen molar-refractivity contribution >= 4 is 34.2 Å². The molecule has 0 saturated carbocycles. The average molecular weight is 398 g/mol. The van der Waals surface area contributed by atoms with E-state index >= 15 is 0 Å². The molecule has 28 heavy (non-hydrogen) atoms. The van der Waals surface area contributed by atoms with Gasteiger partial charge in [-0.15, -0.1) is 11.3 Å². The quantitative estimate of drug-likeness (QED) is 0.709. The van der Waals surface area contributed by atoms with Gasteiger partial charge in [-0.05, 0) is 25.5 Å². The molecule has 8 nitrogen and oxygen atoms in total. The molecule has 9 heteroatoms. The second kappa shape index (κ2) is 7.67. The highest BCUT2D eigenvalue weighted by Crippen LogP contribution is 2.32. The van der Waals surface area contributed by atoms with E-state index < -0.39 is 0 Å². The summed E-state index contributed by atoms with van der Waals surface area (Å²) in [7, 11) is 0. The lowest BCUT2D eigenvalue weighted by atomic mass is 10.0. The Bertz CT molecular complexity index is 1030. The Kier molecular flexibility index (Phi) is 5.08. The van der Waals surface area contributed by atoms with Crippen molar-refractivity contribution < 1.29 is 9.59 Å². The molecule has 0 radical (unpaired) electrons. The molecule has 4 rings (SSSR count). The van der Waals surface area contributed by atoms with Crippen LogP contribution in [0.5, 0.6) is 0 Å². The lowest BCUT2D eigenvalue weighted by molar-refractivity contribution is -0.118. The largest absolute Gasteiger partial charge is 0.354 e. The Morgan fingerprint density at radius 2 is 2.21 bits per heavy atom. The fourth-order valence-electron chi connectivity index (χ4n) is 3.65. The molecule has 1 unspecified atom stereocenters. The van der Waals surface area contributed by atoms with Crippen LogP contribution in [0.3, 0.4) is 0 Å². The maximum atomic E-state index is 12.8. The number of hydrogen-bond acceptors (Lipinski definition) is 6. The molecule has 0 spiro atoms. The van der Waals surface area contributed by atoms with Crippen LogP contribution in [0, 0.1) is 6.92 Å². The number of fused-ring (bicyclic) bond motifs is 1. The second-order valence-electron chi connectivity index (χ2n) is 6.97. The van der Waals surface area contributed by atoms with Crippen molar-refractivity contribution in [2.45, 2.75) is 32.7 Å². The van der Waals surface area contributed by atoms with Gasteiger partial charge in [-0.3, -0.25) is 9.59 Å². The van der Waals surface area contributed by atoms with Crippen LogP contribution in [0.2, 0.25) is 0 Å². The van der Waals surface area contributed by atoms with Crippen LogP contribution >= 0.6 is 11.3 Å². The smallest absolute Gasteiger partial charge is 0.265 e. The number of aryl methyl sites for hydroxylation is 1. The Morgan fingerprint density at radius 3 is 2.96 bits per heavy atom. The maximum Gasteiger partial charge on any atom is 0.265 e. The first-order chi connectivity index (χ1) is 13.5. The Hall–Kier alpha value is -2.81. The molecule has 2 amide bonds. The van der Waals surface area contributed by atoms with Crippen LogP contribution < -0.4 is 5.32 Å². The molecule has 0 aliphatic carbocycles. The van der Waals surface area contributed by atoms with Crippen molar-refractivity contribution in [3.05, 3.63) is 40.1 Å². The third kappa shape index (κ3) is 3.49. The van der Waals surface area contributed by atoms with Gasteiger partial charge in [0.1, 0.15) is 4.88 Å². The number of carbonyl (C=O) groups is 2. The molecule has 1 aliphatic heterocycles. The summed E-state index contributed by atoms with van der Waals surface area (Å²) >= 11 is 1.39. The predicted molar refractivity (Wildman–Crippen MR) is 106 cm³/mol. The van der Waals surface area contributed by atoms with Gasteiger partial charge < -0.3 is 10.2 Å². The van der Waals surface area contributed by atoms with Crippen LogP contribution in [0.4, 0.5) is 0 Å². The zero-order chi connectivity index (χ0) is 19.7. The number of amides is 2. The molecule has 0 bridgehead atoms. The number of rotatable bonds is 5. The summed E-state index contributed by atoms with van der Waals surface area (Å²) in [5.74, 6) is 0.161. The topological polar surface area (TPSA) is 93.0 Å². The molecule has 1 saturated heterocycles. The van der Waals surface area contributed by atoms with Crippen LogP contribution in [-0.4, -0.2) is 56.1 Å². The van der Waals surface area contributed by atoms with Gasteiger partial charge in [0.2, 0.25) is 5.91 Å². The summed E-state index contributed by atoms with van der Waals surface area (Å²) in [6.45, 7) is 5.78. The molecule has 1 fully saturated rings. The number of nitrogens with one attached hydrogen (secondary N) is 1. The van der Waals surface area contributed by atoms with Crippen molar-refractivity contribution in [1.82, 2.24) is 30.0 Å². The van der Waals surface area contributed by atoms with Crippen molar-refractivity contribution in [1.29, 1.82) is 0 Å². The molecule has 1 N–H and O–H groups in total. The van der Waals surface area contributed by atoms with E-state index in [2.05, 4.69) is 15.3 Å². The highest BCUT2D eigenvalue weighted by atomic mass is 32.1. The van der Waals surface area contributed by atoms with E-state index in [1.165, 1.54) is 18.3 Å². The predicted octanol–water partition coefficient (Wildman–Crippen LogP) is 1.96. The number of likely N-dealkylation sites (tertiary alicyclic amines) is 1. The normalized spacial score (nSPS) is 16.6. The van der Waals surface area contributed by atoms with Gasteiger partial charge in [0.05, 0.1) is 23.4 Å². The summed E-state index contributed by atoms with van der Waals surface area (Å²) in [6, 6.07) is 3.93. The third-order valence-corrected chi connectivity index (χ3v) is 5.95. The molecular weight excluding hydrogens is 376 g/mol. The molecule has 146 valence electrons. The molecule has 4 heterocycles. The van der Waals surface area contributed by atoms with Gasteiger partial charge in [0.25, 0.3) is 5.91 Å². The van der Waals surface area contributed by atoms with Crippen LogP contribution in [0.1, 0.15) is 40.3 Å². The minimum Gasteiger partial charge on any atom is -0.354 e. The number of thiazole rings is 1. The van der Waals surface area contributed by atoms with E-state index in [-0.39, 0.29) is 17.7 Å². The first-order valence-electron chi connectivity index (χ1n) is 9.30. The second-order valence-corrected chi connectivity index (χ2v) is 7.82. The highest BCUT2D eigenvalue weighted by Gasteiger charge is 2.32. The summed E-state index contributed by atoms with van der Waals surface area (Å²) < 4.78 is 1.85. The van der Waals surface area contributed by atoms with Crippen LogP contribution in [0.25, 0.3) is 11.0 Å². The first-order valence-corrected chi connectivity index (χ1v) is 10.2. The fraction of sp³-hybridized carbons (Fsp3) is 0.421. The summed E-state index contributed by atoms with van der Waals surface area (Å²) in [5.41, 5.74) is 4.29. The zero-order valence-electron chi connectivity index (χ0n) is 15.9. The Morgan fingerprint density at radius 1 is 1.36 bits per heavy atom. The Labute approximate surface area is 166 Å². The van der Waals surface area contributed by atoms with Gasteiger partial charge >= 0.3 is 0 Å². The van der Waals surface area contributed by atoms with Gasteiger partial charge in [0.15, 0.2) is 5.65 Å². The van der Waals surface area contributed by atoms with Crippen LogP contribution in [-0.2, 0) is 11.3 Å². The molecule has 0 aromatic carbocycles. The summed E-state index contributed by atoms with van der Waals surface area (Å²) in [5, 5.41) is 8.61. The molecule has 1 atom stereocenters. The van der Waals surface area contributed by atoms with E-state index in [0.29, 0.717) is 31.1 Å². The standard InChI is InChI=1S/C19H22N6O2S/c1-12-17(28-11-22-12)19(27)24-8-5-14(10-24)16-15-4-3-6-21-18(15)25(23-16)9-7-20-13(2)26/h3-4,6,11,14H,5,7-10H2,1-2H3,(H,20,26). The first kappa shape index (κ1) is 18.5. The molecule has 3 aromatic rings. The van der Waals surface area contributed by atoms with Crippen LogP contribution in [0.15, 0.2) is 23.8 Å². The van der Waals surface area contributed by atoms with Gasteiger partial charge in [-0.1, -0.05) is 0 Å². The zero-order valence-corrected chi connectivity index (χ0v) is 16.7. The molecular formula is C19H22N6O2S. The number of aromatic nitrogens is 4. The number of carbonyl (C=O) groups excluding carboxylic acids is 2. The van der Waals surface area contributed by atoms with E-state index in [0.717, 1.165) is 28.8 Å². The van der Waals surface area contributed by atoms with E-state index in [1.807, 2.05) is 28.6 Å². The number of pyridine rings is 1. The monoisotopic (exact) mass is 398 g/mol. The van der Waals surface area contributed by atoms with Crippen molar-refractivity contribution in [2.24, 2.45) is 0 Å². The summed E-state index contributed by atoms with van der Waals surface area (Å²) in [4.78, 5) is 35.2. The lowest BCUT2D eigenvalue weighted by Crippen LogP contribution is -2.28. The lowest BCUT2D eigenvalue weighted by Gasteiger charge is -2.15. The van der Waals surface area contributed by atoms with Gasteiger partial charge in [0, 0.05) is 44.1 Å². The highest BCUT2D eigenvalue weighted by molar-refractivity contribution is 7.11. The van der Waals surface area contributed by atoms with Gasteiger partial charge in [-0.2, -0.15) is 5.10 Å². The minimum absolute atomic E-state index is 0.0509. The third-order valence-electron chi connectivity index (χ3n) is 5.04. The number of hydrogen-bond donors (Lipinski definition) is 1. The van der Waals surface area contributed by atoms with E-state index in [9.17, 15) is 9.59 Å². The van der Waals surface area contributed by atoms with Crippen molar-refractivity contribution in [2.75, 3.05) is 19.6 Å². The number of nitrogens with zero attached hydrogens (tertiary/aromatic N) is 5. The Balaban J connectivity index is 1.55. The van der Waals surface area contributed by atoms with Crippen molar-refractivity contribution in [3.63, 3.8) is 0 Å². The molecule has 3 aromatic heterocycles. The van der Waals surface area contributed by atoms with E-state index in [1.54, 1.807) is 11.7 Å². The van der Waals surface area contributed by atoms with E-state index in [4.69, 9.17) is 5.10 Å². The minimum atomic E-state index is -0.0621. The fourth-order valence-corrected chi connectivity index (χ4v) is 4.42. The van der Waals surface area contributed by atoms with Crippen molar-refractivity contribution in [3.8, 4) is 0 Å². The summed E-state index contributed by atoms with van der Waals surface area (Å²) in [6.07, 6.45) is 2.62. The average Bonchev–Trinajstić information content (AvgIpc) is 3.39.